The molecule has 1 atom stereocenters. The second-order valence-electron chi connectivity index (χ2n) is 5.29. The molecule has 0 radical (unpaired) electrons. The minimum Gasteiger partial charge on any atom is -0.443 e. The highest BCUT2D eigenvalue weighted by molar-refractivity contribution is 5.98. The average molecular weight is 314 g/mol. The molecule has 0 spiro atoms. The molecule has 0 saturated carbocycles. The summed E-state index contributed by atoms with van der Waals surface area (Å²) in [5.41, 5.74) is 1.09. The van der Waals surface area contributed by atoms with Crippen LogP contribution >= 0.6 is 0 Å². The van der Waals surface area contributed by atoms with Crippen LogP contribution in [0.15, 0.2) is 42.6 Å². The zero-order chi connectivity index (χ0) is 17.0. The van der Waals surface area contributed by atoms with Crippen LogP contribution in [0, 0.1) is 0 Å². The molecule has 1 aromatic carbocycles. The maximum Gasteiger partial charge on any atom is 0.355 e. The minimum atomic E-state index is -1.04. The first-order valence-electron chi connectivity index (χ1n) is 7.06. The number of amides is 1. The summed E-state index contributed by atoms with van der Waals surface area (Å²) in [6.07, 6.45) is 0.396. The van der Waals surface area contributed by atoms with Crippen molar-refractivity contribution < 1.29 is 19.1 Å². The molecule has 1 heterocycles. The van der Waals surface area contributed by atoms with Crippen LogP contribution in [0.5, 0.6) is 0 Å². The van der Waals surface area contributed by atoms with Crippen molar-refractivity contribution in [2.75, 3.05) is 14.1 Å². The van der Waals surface area contributed by atoms with Crippen LogP contribution in [0.25, 0.3) is 0 Å². The van der Waals surface area contributed by atoms with E-state index in [-0.39, 0.29) is 17.4 Å². The zero-order valence-corrected chi connectivity index (χ0v) is 13.2. The van der Waals surface area contributed by atoms with Gasteiger partial charge in [0.1, 0.15) is 5.69 Å². The Morgan fingerprint density at radius 3 is 2.30 bits per heavy atom. The summed E-state index contributed by atoms with van der Waals surface area (Å²) in [6.45, 7) is 1.40. The molecule has 1 aromatic heterocycles. The number of carbonyl (C=O) groups is 3. The van der Waals surface area contributed by atoms with E-state index in [0.29, 0.717) is 11.1 Å². The van der Waals surface area contributed by atoms with E-state index in [1.54, 1.807) is 38.4 Å². The molecule has 120 valence electrons. The second kappa shape index (κ2) is 6.91. The molecule has 2 rings (SSSR count). The van der Waals surface area contributed by atoms with Crippen LogP contribution in [-0.2, 0) is 9.53 Å². The Balaban J connectivity index is 2.25. The maximum atomic E-state index is 12.3. The Morgan fingerprint density at radius 1 is 1.13 bits per heavy atom. The molecule has 6 heteroatoms. The minimum absolute atomic E-state index is 0.127. The van der Waals surface area contributed by atoms with Gasteiger partial charge in [-0.3, -0.25) is 9.59 Å². The number of hydrogen-bond donors (Lipinski definition) is 1. The summed E-state index contributed by atoms with van der Waals surface area (Å²) in [7, 11) is 3.18. The highest BCUT2D eigenvalue weighted by atomic mass is 16.5. The first-order chi connectivity index (χ1) is 10.9. The van der Waals surface area contributed by atoms with E-state index in [1.807, 2.05) is 6.07 Å². The Morgan fingerprint density at radius 2 is 1.78 bits per heavy atom. The predicted octanol–water partition coefficient (Wildman–Crippen LogP) is 2.20. The lowest BCUT2D eigenvalue weighted by Gasteiger charge is -2.20. The second-order valence-corrected chi connectivity index (χ2v) is 5.29. The van der Waals surface area contributed by atoms with E-state index in [2.05, 4.69) is 4.98 Å². The monoisotopic (exact) mass is 314 g/mol. The van der Waals surface area contributed by atoms with E-state index in [4.69, 9.17) is 4.74 Å². The normalized spacial score (nSPS) is 11.6. The summed E-state index contributed by atoms with van der Waals surface area (Å²) < 4.78 is 5.37. The summed E-state index contributed by atoms with van der Waals surface area (Å²) in [6, 6.07) is 10.2. The van der Waals surface area contributed by atoms with Gasteiger partial charge in [0, 0.05) is 31.4 Å². The van der Waals surface area contributed by atoms with Crippen LogP contribution in [0.4, 0.5) is 0 Å². The molecule has 2 aromatic rings. The lowest BCUT2D eigenvalue weighted by Crippen LogP contribution is -2.31. The number of nitrogens with zero attached hydrogens (tertiary/aromatic N) is 1. The molecule has 0 bridgehead atoms. The number of carbonyl (C=O) groups excluding carboxylic acids is 3. The van der Waals surface area contributed by atoms with Crippen molar-refractivity contribution in [2.45, 2.75) is 13.0 Å². The Hall–Kier alpha value is -2.89. The zero-order valence-electron chi connectivity index (χ0n) is 13.2. The molecule has 1 unspecified atom stereocenters. The van der Waals surface area contributed by atoms with Gasteiger partial charge in [-0.1, -0.05) is 30.3 Å². The Kier molecular flexibility index (Phi) is 4.95. The molecule has 0 aliphatic carbocycles. The number of ether oxygens (including phenoxy) is 1. The fraction of sp³-hybridized carbons (Fsp3) is 0.235. The molecule has 0 aliphatic rings. The standard InChI is InChI=1S/C17H18N2O4/c1-11(20)13-9-14(18-10-13)17(22)23-15(16(21)19(2)3)12-7-5-4-6-8-12/h4-10,15,18H,1-3H3. The van der Waals surface area contributed by atoms with Crippen molar-refractivity contribution >= 4 is 17.7 Å². The van der Waals surface area contributed by atoms with Gasteiger partial charge < -0.3 is 14.6 Å². The van der Waals surface area contributed by atoms with Gasteiger partial charge in [-0.15, -0.1) is 0 Å². The first kappa shape index (κ1) is 16.5. The predicted molar refractivity (Wildman–Crippen MR) is 84.1 cm³/mol. The molecule has 1 N–H and O–H groups in total. The molecule has 0 saturated heterocycles. The topological polar surface area (TPSA) is 79.5 Å². The van der Waals surface area contributed by atoms with E-state index in [9.17, 15) is 14.4 Å². The van der Waals surface area contributed by atoms with Gasteiger partial charge in [0.25, 0.3) is 5.91 Å². The lowest BCUT2D eigenvalue weighted by atomic mass is 10.1. The van der Waals surface area contributed by atoms with E-state index in [0.717, 1.165) is 0 Å². The summed E-state index contributed by atoms with van der Waals surface area (Å²) >= 11 is 0. The van der Waals surface area contributed by atoms with Gasteiger partial charge in [-0.2, -0.15) is 0 Å². The number of nitrogens with one attached hydrogen (secondary N) is 1. The third kappa shape index (κ3) is 3.85. The number of aromatic amines is 1. The molecule has 0 aliphatic heterocycles. The summed E-state index contributed by atoms with van der Waals surface area (Å²) in [5.74, 6) is -1.20. The largest absolute Gasteiger partial charge is 0.443 e. The number of rotatable bonds is 5. The van der Waals surface area contributed by atoms with Gasteiger partial charge in [0.15, 0.2) is 5.78 Å². The Bertz CT molecular complexity index is 719. The molecule has 1 amide bonds. The van der Waals surface area contributed by atoms with Crippen LogP contribution < -0.4 is 0 Å². The fourth-order valence-corrected chi connectivity index (χ4v) is 2.01. The van der Waals surface area contributed by atoms with Crippen molar-refractivity contribution in [3.8, 4) is 0 Å². The maximum absolute atomic E-state index is 12.3. The third-order valence-corrected chi connectivity index (χ3v) is 3.30. The molecular formula is C17H18N2O4. The number of H-pyrrole nitrogens is 1. The van der Waals surface area contributed by atoms with Gasteiger partial charge in [-0.25, -0.2) is 4.79 Å². The molecular weight excluding hydrogens is 296 g/mol. The highest BCUT2D eigenvalue weighted by Crippen LogP contribution is 2.21. The van der Waals surface area contributed by atoms with Crippen molar-refractivity contribution in [3.05, 3.63) is 59.4 Å². The summed E-state index contributed by atoms with van der Waals surface area (Å²) in [5, 5.41) is 0. The van der Waals surface area contributed by atoms with E-state index < -0.39 is 12.1 Å². The lowest BCUT2D eigenvalue weighted by molar-refractivity contribution is -0.138. The molecule has 0 fully saturated rings. The van der Waals surface area contributed by atoms with Gasteiger partial charge in [0.05, 0.1) is 0 Å². The number of aromatic nitrogens is 1. The van der Waals surface area contributed by atoms with Crippen LogP contribution in [-0.4, -0.2) is 41.6 Å². The van der Waals surface area contributed by atoms with Crippen LogP contribution in [0.3, 0.4) is 0 Å². The van der Waals surface area contributed by atoms with Crippen molar-refractivity contribution in [1.82, 2.24) is 9.88 Å². The highest BCUT2D eigenvalue weighted by Gasteiger charge is 2.27. The molecule has 6 nitrogen and oxygen atoms in total. The number of hydrogen-bond acceptors (Lipinski definition) is 4. The van der Waals surface area contributed by atoms with Crippen molar-refractivity contribution in [2.24, 2.45) is 0 Å². The Labute approximate surface area is 134 Å². The fourth-order valence-electron chi connectivity index (χ4n) is 2.01. The summed E-state index contributed by atoms with van der Waals surface area (Å²) in [4.78, 5) is 39.9. The van der Waals surface area contributed by atoms with Gasteiger partial charge in [-0.05, 0) is 13.0 Å². The number of Topliss-reactive ketones (excluding diaryl/α,β-unsaturated/α-hetero) is 1. The van der Waals surface area contributed by atoms with Gasteiger partial charge >= 0.3 is 5.97 Å². The van der Waals surface area contributed by atoms with Crippen LogP contribution in [0.1, 0.15) is 39.4 Å². The smallest absolute Gasteiger partial charge is 0.355 e. The molecule has 23 heavy (non-hydrogen) atoms. The number of esters is 1. The average Bonchev–Trinajstić information content (AvgIpc) is 3.03. The quantitative estimate of drug-likeness (QED) is 0.678. The van der Waals surface area contributed by atoms with Crippen molar-refractivity contribution in [1.29, 1.82) is 0 Å². The first-order valence-corrected chi connectivity index (χ1v) is 7.06. The third-order valence-electron chi connectivity index (χ3n) is 3.30. The van der Waals surface area contributed by atoms with Gasteiger partial charge in [0.2, 0.25) is 6.10 Å². The number of ketones is 1. The van der Waals surface area contributed by atoms with E-state index >= 15 is 0 Å². The van der Waals surface area contributed by atoms with Crippen LogP contribution in [0.2, 0.25) is 0 Å². The van der Waals surface area contributed by atoms with E-state index in [1.165, 1.54) is 24.1 Å². The number of benzene rings is 1. The van der Waals surface area contributed by atoms with Crippen molar-refractivity contribution in [3.63, 3.8) is 0 Å². The number of likely N-dealkylation sites (N-methyl/N-ethyl adjacent to an activating group) is 1. The SMILES string of the molecule is CC(=O)c1c[nH]c(C(=O)OC(C(=O)N(C)C)c2ccccc2)c1.